The third-order valence-corrected chi connectivity index (χ3v) is 4.35. The van der Waals surface area contributed by atoms with Crippen molar-refractivity contribution >= 4 is 23.1 Å². The molecule has 0 spiro atoms. The molecule has 1 saturated heterocycles. The van der Waals surface area contributed by atoms with Gasteiger partial charge in [-0.3, -0.25) is 10.1 Å². The molecule has 138 valence electrons. The second-order valence-corrected chi connectivity index (χ2v) is 6.39. The number of nitro benzene ring substituents is 1. The van der Waals surface area contributed by atoms with Crippen LogP contribution >= 0.6 is 0 Å². The summed E-state index contributed by atoms with van der Waals surface area (Å²) in [5, 5.41) is 13.9. The van der Waals surface area contributed by atoms with E-state index in [-0.39, 0.29) is 0 Å². The van der Waals surface area contributed by atoms with Gasteiger partial charge in [-0.25, -0.2) is 4.98 Å². The number of nitrogens with zero attached hydrogens (tertiary/aromatic N) is 4. The Kier molecular flexibility index (Phi) is 5.60. The van der Waals surface area contributed by atoms with Gasteiger partial charge in [0.25, 0.3) is 0 Å². The molecule has 0 bridgehead atoms. The number of nitro groups is 1. The van der Waals surface area contributed by atoms with Gasteiger partial charge in [-0.15, -0.1) is 0 Å². The second-order valence-electron chi connectivity index (χ2n) is 6.39. The first-order chi connectivity index (χ1) is 12.6. The van der Waals surface area contributed by atoms with E-state index in [1.807, 2.05) is 6.07 Å². The first kappa shape index (κ1) is 18.0. The van der Waals surface area contributed by atoms with Crippen LogP contribution in [0.3, 0.4) is 0 Å². The molecule has 1 N–H and O–H groups in total. The average Bonchev–Trinajstić information content (AvgIpc) is 2.64. The maximum atomic E-state index is 13.5. The standard InChI is InChI=1S/C18H22FN5O2/c1-2-6-13-12-17(23-9-4-3-5-10-23)22-18(20-13)21-14-7-8-15(19)16(11-14)24(25)26/h7-8,11-12H,2-6,9-10H2,1H3,(H,20,21,22). The molecule has 1 aliphatic rings. The number of aryl methyl sites for hydroxylation is 1. The zero-order chi connectivity index (χ0) is 18.5. The summed E-state index contributed by atoms with van der Waals surface area (Å²) in [5.74, 6) is 0.370. The highest BCUT2D eigenvalue weighted by Gasteiger charge is 2.17. The molecule has 7 nitrogen and oxygen atoms in total. The minimum atomic E-state index is -0.866. The Morgan fingerprint density at radius 3 is 2.69 bits per heavy atom. The summed E-state index contributed by atoms with van der Waals surface area (Å²) < 4.78 is 13.5. The van der Waals surface area contributed by atoms with Crippen LogP contribution in [0.2, 0.25) is 0 Å². The molecule has 8 heteroatoms. The first-order valence-electron chi connectivity index (χ1n) is 8.90. The lowest BCUT2D eigenvalue weighted by Gasteiger charge is -2.28. The monoisotopic (exact) mass is 359 g/mol. The van der Waals surface area contributed by atoms with E-state index in [1.165, 1.54) is 12.5 Å². The Bertz CT molecular complexity index is 793. The van der Waals surface area contributed by atoms with Crippen LogP contribution in [0.25, 0.3) is 0 Å². The first-order valence-corrected chi connectivity index (χ1v) is 8.90. The highest BCUT2D eigenvalue weighted by Crippen LogP contribution is 2.25. The molecule has 1 aromatic heterocycles. The van der Waals surface area contributed by atoms with Gasteiger partial charge in [-0.05, 0) is 37.8 Å². The van der Waals surface area contributed by atoms with E-state index >= 15 is 0 Å². The number of hydrogen-bond acceptors (Lipinski definition) is 6. The third kappa shape index (κ3) is 4.25. The van der Waals surface area contributed by atoms with Crippen LogP contribution in [0.1, 0.15) is 38.3 Å². The Balaban J connectivity index is 1.89. The molecule has 2 heterocycles. The molecule has 0 saturated carbocycles. The van der Waals surface area contributed by atoms with E-state index in [2.05, 4.69) is 27.1 Å². The Morgan fingerprint density at radius 1 is 1.23 bits per heavy atom. The molecule has 26 heavy (non-hydrogen) atoms. The molecule has 2 aromatic rings. The van der Waals surface area contributed by atoms with E-state index in [0.29, 0.717) is 11.6 Å². The predicted octanol–water partition coefficient (Wildman–Crippen LogP) is 4.21. The van der Waals surface area contributed by atoms with Crippen molar-refractivity contribution in [2.75, 3.05) is 23.3 Å². The van der Waals surface area contributed by atoms with E-state index in [0.717, 1.165) is 62.4 Å². The molecule has 1 aliphatic heterocycles. The van der Waals surface area contributed by atoms with Gasteiger partial charge >= 0.3 is 5.69 Å². The number of nitrogens with one attached hydrogen (secondary N) is 1. The van der Waals surface area contributed by atoms with Crippen LogP contribution in [0, 0.1) is 15.9 Å². The Labute approximate surface area is 151 Å². The minimum Gasteiger partial charge on any atom is -0.356 e. The van der Waals surface area contributed by atoms with Crippen molar-refractivity contribution < 1.29 is 9.31 Å². The fourth-order valence-corrected chi connectivity index (χ4v) is 3.07. The van der Waals surface area contributed by atoms with Gasteiger partial charge in [0, 0.05) is 36.6 Å². The number of piperidine rings is 1. The molecule has 0 unspecified atom stereocenters. The highest BCUT2D eigenvalue weighted by molar-refractivity contribution is 5.59. The molecular formula is C18H22FN5O2. The summed E-state index contributed by atoms with van der Waals surface area (Å²) in [6.45, 7) is 4.01. The Hall–Kier alpha value is -2.77. The summed E-state index contributed by atoms with van der Waals surface area (Å²) in [7, 11) is 0. The van der Waals surface area contributed by atoms with E-state index in [4.69, 9.17) is 0 Å². The van der Waals surface area contributed by atoms with Gasteiger partial charge in [0.2, 0.25) is 11.8 Å². The lowest BCUT2D eigenvalue weighted by atomic mass is 10.1. The number of hydrogen-bond donors (Lipinski definition) is 1. The van der Waals surface area contributed by atoms with Crippen molar-refractivity contribution in [1.82, 2.24) is 9.97 Å². The summed E-state index contributed by atoms with van der Waals surface area (Å²) in [5.41, 5.74) is 0.731. The van der Waals surface area contributed by atoms with Crippen molar-refractivity contribution in [2.45, 2.75) is 39.0 Å². The summed E-state index contributed by atoms with van der Waals surface area (Å²) >= 11 is 0. The number of anilines is 3. The van der Waals surface area contributed by atoms with Crippen molar-refractivity contribution in [2.24, 2.45) is 0 Å². The number of aromatic nitrogens is 2. The summed E-state index contributed by atoms with van der Waals surface area (Å²) in [4.78, 5) is 21.5. The maximum Gasteiger partial charge on any atom is 0.306 e. The fourth-order valence-electron chi connectivity index (χ4n) is 3.07. The third-order valence-electron chi connectivity index (χ3n) is 4.35. The molecule has 0 aliphatic carbocycles. The van der Waals surface area contributed by atoms with Gasteiger partial charge in [-0.1, -0.05) is 13.3 Å². The zero-order valence-corrected chi connectivity index (χ0v) is 14.7. The number of rotatable bonds is 6. The van der Waals surface area contributed by atoms with Crippen LogP contribution in [0.4, 0.5) is 27.5 Å². The minimum absolute atomic E-state index is 0.373. The molecule has 1 fully saturated rings. The van der Waals surface area contributed by atoms with Crippen LogP contribution < -0.4 is 10.2 Å². The zero-order valence-electron chi connectivity index (χ0n) is 14.7. The SMILES string of the molecule is CCCc1cc(N2CCCCC2)nc(Nc2ccc(F)c([N+](=O)[O-])c2)n1. The lowest BCUT2D eigenvalue weighted by Crippen LogP contribution is -2.30. The van der Waals surface area contributed by atoms with Crippen molar-refractivity contribution in [3.8, 4) is 0 Å². The normalized spacial score (nSPS) is 14.3. The molecule has 1 aromatic carbocycles. The van der Waals surface area contributed by atoms with Crippen molar-refractivity contribution in [1.29, 1.82) is 0 Å². The van der Waals surface area contributed by atoms with E-state index in [1.54, 1.807) is 0 Å². The molecule has 3 rings (SSSR count). The number of halogens is 1. The average molecular weight is 359 g/mol. The lowest BCUT2D eigenvalue weighted by molar-refractivity contribution is -0.387. The highest BCUT2D eigenvalue weighted by atomic mass is 19.1. The maximum absolute atomic E-state index is 13.5. The predicted molar refractivity (Wildman–Crippen MR) is 98.4 cm³/mol. The van der Waals surface area contributed by atoms with Gasteiger partial charge in [0.05, 0.1) is 4.92 Å². The van der Waals surface area contributed by atoms with Gasteiger partial charge in [-0.2, -0.15) is 9.37 Å². The van der Waals surface area contributed by atoms with Crippen LogP contribution in [0.15, 0.2) is 24.3 Å². The van der Waals surface area contributed by atoms with Crippen molar-refractivity contribution in [3.05, 3.63) is 45.9 Å². The molecule has 0 radical (unpaired) electrons. The smallest absolute Gasteiger partial charge is 0.306 e. The number of benzene rings is 1. The molecular weight excluding hydrogens is 337 g/mol. The fraction of sp³-hybridized carbons (Fsp3) is 0.444. The van der Waals surface area contributed by atoms with Crippen LogP contribution in [0.5, 0.6) is 0 Å². The van der Waals surface area contributed by atoms with Crippen molar-refractivity contribution in [3.63, 3.8) is 0 Å². The molecule has 0 atom stereocenters. The Morgan fingerprint density at radius 2 is 2.00 bits per heavy atom. The topological polar surface area (TPSA) is 84.2 Å². The quantitative estimate of drug-likeness (QED) is 0.614. The second kappa shape index (κ2) is 8.07. The van der Waals surface area contributed by atoms with Crippen LogP contribution in [-0.4, -0.2) is 28.0 Å². The summed E-state index contributed by atoms with van der Waals surface area (Å²) in [6, 6.07) is 5.68. The van der Waals surface area contributed by atoms with Gasteiger partial charge < -0.3 is 10.2 Å². The van der Waals surface area contributed by atoms with Crippen LogP contribution in [-0.2, 0) is 6.42 Å². The van der Waals surface area contributed by atoms with E-state index in [9.17, 15) is 14.5 Å². The largest absolute Gasteiger partial charge is 0.356 e. The van der Waals surface area contributed by atoms with E-state index < -0.39 is 16.4 Å². The summed E-state index contributed by atoms with van der Waals surface area (Å²) in [6.07, 6.45) is 5.29. The van der Waals surface area contributed by atoms with Gasteiger partial charge in [0.15, 0.2) is 0 Å². The van der Waals surface area contributed by atoms with Gasteiger partial charge in [0.1, 0.15) is 5.82 Å². The molecule has 0 amide bonds.